The third-order valence-corrected chi connectivity index (χ3v) is 2.83. The van der Waals surface area contributed by atoms with Crippen LogP contribution in [0.15, 0.2) is 18.2 Å². The van der Waals surface area contributed by atoms with Crippen LogP contribution >= 0.6 is 32.4 Å². The monoisotopic (exact) mass is 270 g/mol. The van der Waals surface area contributed by atoms with E-state index in [2.05, 4.69) is 24.6 Å². The number of carbonyl (C=O) groups excluding carboxylic acids is 1. The van der Waals surface area contributed by atoms with Crippen molar-refractivity contribution in [1.29, 1.82) is 0 Å². The van der Waals surface area contributed by atoms with Crippen molar-refractivity contribution >= 4 is 55.7 Å². The normalized spacial score (nSPS) is 9.38. The number of halogens is 2. The van der Waals surface area contributed by atoms with Crippen molar-refractivity contribution in [1.82, 2.24) is 0 Å². The molecule has 16 heavy (non-hydrogen) atoms. The molecule has 0 saturated carbocycles. The van der Waals surface area contributed by atoms with Crippen molar-refractivity contribution in [2.45, 2.75) is 24.9 Å². The maximum atomic E-state index is 10.9. The molecule has 0 aromatic heterocycles. The fraction of sp³-hybridized carbons (Fsp3) is 0.364. The zero-order valence-electron chi connectivity index (χ0n) is 9.59. The van der Waals surface area contributed by atoms with Gasteiger partial charge in [-0.1, -0.05) is 38.5 Å². The number of rotatable bonds is 3. The fourth-order valence-corrected chi connectivity index (χ4v) is 2.16. The molecule has 0 bridgehead atoms. The maximum absolute atomic E-state index is 10.9. The molecule has 1 aromatic carbocycles. The van der Waals surface area contributed by atoms with E-state index in [0.29, 0.717) is 15.6 Å². The summed E-state index contributed by atoms with van der Waals surface area (Å²) < 4.78 is 0. The van der Waals surface area contributed by atoms with Crippen LogP contribution in [0.5, 0.6) is 0 Å². The molecule has 5 heteroatoms. The zero-order chi connectivity index (χ0) is 12.6. The van der Waals surface area contributed by atoms with E-state index in [1.54, 1.807) is 18.2 Å². The SMILES string of the molecule is O=C(P)c1c(Cl)cccc1Cl.[Li][CH2]CCC. The summed E-state index contributed by atoms with van der Waals surface area (Å²) in [6.45, 7) is 2.21. The predicted molar refractivity (Wildman–Crippen MR) is 76.0 cm³/mol. The molecule has 1 atom stereocenters. The van der Waals surface area contributed by atoms with E-state index in [0.717, 1.165) is 0 Å². The predicted octanol–water partition coefficient (Wildman–Crippen LogP) is 4.38. The van der Waals surface area contributed by atoms with Gasteiger partial charge < -0.3 is 0 Å². The van der Waals surface area contributed by atoms with Crippen LogP contribution < -0.4 is 0 Å². The van der Waals surface area contributed by atoms with Crippen LogP contribution in [0.2, 0.25) is 15.1 Å². The molecule has 0 spiro atoms. The van der Waals surface area contributed by atoms with Crippen molar-refractivity contribution in [2.75, 3.05) is 0 Å². The molecule has 1 nitrogen and oxygen atoms in total. The Morgan fingerprint density at radius 1 is 1.38 bits per heavy atom. The Balaban J connectivity index is 0.000000385. The van der Waals surface area contributed by atoms with E-state index < -0.39 is 0 Å². The summed E-state index contributed by atoms with van der Waals surface area (Å²) in [4.78, 5) is 10.9. The van der Waals surface area contributed by atoms with Gasteiger partial charge in [-0.2, -0.15) is 0 Å². The molecule has 0 radical (unpaired) electrons. The zero-order valence-corrected chi connectivity index (χ0v) is 12.3. The van der Waals surface area contributed by atoms with Gasteiger partial charge in [0.1, 0.15) is 0 Å². The fourth-order valence-electron chi connectivity index (χ4n) is 1.09. The first-order valence-electron chi connectivity index (χ1n) is 5.28. The molecular formula is C11H14Cl2LiOP. The number of carbonyl (C=O) groups is 1. The molecule has 0 aliphatic carbocycles. The summed E-state index contributed by atoms with van der Waals surface area (Å²) in [6, 6.07) is 4.96. The molecule has 0 fully saturated rings. The minimum atomic E-state index is -0.194. The van der Waals surface area contributed by atoms with Gasteiger partial charge in [-0.3, -0.25) is 4.79 Å². The quantitative estimate of drug-likeness (QED) is 0.588. The summed E-state index contributed by atoms with van der Waals surface area (Å²) in [5.41, 5.74) is 0.168. The first kappa shape index (κ1) is 16.5. The number of hydrogen-bond acceptors (Lipinski definition) is 1. The van der Waals surface area contributed by atoms with Gasteiger partial charge in [-0.15, -0.1) is 0 Å². The molecule has 1 aromatic rings. The Kier molecular flexibility index (Phi) is 9.82. The molecule has 0 aliphatic rings. The Morgan fingerprint density at radius 3 is 2.06 bits per heavy atom. The Hall–Kier alpha value is 0.497. The van der Waals surface area contributed by atoms with Crippen molar-refractivity contribution in [3.05, 3.63) is 33.8 Å². The number of hydrogen-bond donors (Lipinski definition) is 0. The van der Waals surface area contributed by atoms with Crippen molar-refractivity contribution in [3.8, 4) is 0 Å². The van der Waals surface area contributed by atoms with Crippen LogP contribution in [0.4, 0.5) is 0 Å². The van der Waals surface area contributed by atoms with Crippen LogP contribution in [0.25, 0.3) is 0 Å². The van der Waals surface area contributed by atoms with E-state index >= 15 is 0 Å². The van der Waals surface area contributed by atoms with Crippen LogP contribution in [0.3, 0.4) is 0 Å². The van der Waals surface area contributed by atoms with Gasteiger partial charge in [-0.25, -0.2) is 0 Å². The first-order chi connectivity index (χ1) is 7.54. The van der Waals surface area contributed by atoms with Gasteiger partial charge in [0.05, 0.1) is 15.6 Å². The summed E-state index contributed by atoms with van der Waals surface area (Å²) in [5, 5.41) is 2.12. The average Bonchev–Trinajstić information content (AvgIpc) is 2.19. The second kappa shape index (κ2) is 9.52. The van der Waals surface area contributed by atoms with Gasteiger partial charge in [0.15, 0.2) is 5.52 Å². The van der Waals surface area contributed by atoms with E-state index in [1.165, 1.54) is 17.9 Å². The van der Waals surface area contributed by atoms with Gasteiger partial charge in [-0.05, 0) is 12.1 Å². The topological polar surface area (TPSA) is 17.1 Å². The summed E-state index contributed by atoms with van der Waals surface area (Å²) in [6.07, 6.45) is 2.73. The van der Waals surface area contributed by atoms with E-state index in [-0.39, 0.29) is 5.52 Å². The van der Waals surface area contributed by atoms with Gasteiger partial charge in [0.25, 0.3) is 0 Å². The van der Waals surface area contributed by atoms with Gasteiger partial charge in [0, 0.05) is 0 Å². The molecule has 0 heterocycles. The minimum absolute atomic E-state index is 0.194. The summed E-state index contributed by atoms with van der Waals surface area (Å²) in [7, 11) is 2.03. The Labute approximate surface area is 119 Å². The molecular weight excluding hydrogens is 257 g/mol. The third-order valence-electron chi connectivity index (χ3n) is 1.92. The van der Waals surface area contributed by atoms with Crippen molar-refractivity contribution < 1.29 is 4.79 Å². The average molecular weight is 271 g/mol. The van der Waals surface area contributed by atoms with Crippen LogP contribution in [-0.2, 0) is 0 Å². The molecule has 0 N–H and O–H groups in total. The number of unbranched alkanes of at least 4 members (excludes halogenated alkanes) is 1. The molecule has 1 unspecified atom stereocenters. The van der Waals surface area contributed by atoms with Crippen LogP contribution in [-0.4, -0.2) is 23.2 Å². The van der Waals surface area contributed by atoms with E-state index in [9.17, 15) is 4.79 Å². The van der Waals surface area contributed by atoms with Crippen LogP contribution in [0.1, 0.15) is 30.1 Å². The first-order valence-corrected chi connectivity index (χ1v) is 6.61. The summed E-state index contributed by atoms with van der Waals surface area (Å²) >= 11 is 13.6. The Morgan fingerprint density at radius 2 is 1.88 bits per heavy atom. The standard InChI is InChI=1S/C7H5Cl2OP.C4H9.Li/c8-4-2-1-3-5(9)6(4)7(10)11;1-3-4-2;/h1-3H,11H2;1,3-4H2,2H3;. The van der Waals surface area contributed by atoms with E-state index in [1.807, 2.05) is 9.24 Å². The molecule has 0 amide bonds. The van der Waals surface area contributed by atoms with E-state index in [4.69, 9.17) is 23.2 Å². The van der Waals surface area contributed by atoms with Crippen LogP contribution in [0, 0.1) is 0 Å². The molecule has 0 aliphatic heterocycles. The molecule has 1 rings (SSSR count). The van der Waals surface area contributed by atoms with Crippen molar-refractivity contribution in [3.63, 3.8) is 0 Å². The molecule has 0 saturated heterocycles. The van der Waals surface area contributed by atoms with Crippen molar-refractivity contribution in [2.24, 2.45) is 0 Å². The summed E-state index contributed by atoms with van der Waals surface area (Å²) in [5.74, 6) is 0. The Bertz CT molecular complexity index is 323. The second-order valence-electron chi connectivity index (χ2n) is 3.31. The third kappa shape index (κ3) is 6.29. The second-order valence-corrected chi connectivity index (χ2v) is 4.65. The van der Waals surface area contributed by atoms with Gasteiger partial charge >= 0.3 is 42.6 Å². The van der Waals surface area contributed by atoms with Gasteiger partial charge in [0.2, 0.25) is 0 Å². The number of benzene rings is 1. The molecule has 84 valence electrons.